The highest BCUT2D eigenvalue weighted by Gasteiger charge is 2.57. The molecule has 0 aromatic heterocycles. The van der Waals surface area contributed by atoms with Gasteiger partial charge in [0.2, 0.25) is 6.29 Å². The van der Waals surface area contributed by atoms with Crippen LogP contribution in [-0.2, 0) is 28.5 Å². The predicted octanol–water partition coefficient (Wildman–Crippen LogP) is -4.16. The second kappa shape index (κ2) is 10.8. The average molecular weight is 523 g/mol. The summed E-state index contributed by atoms with van der Waals surface area (Å²) in [6.45, 7) is 0.670. The maximum atomic E-state index is 11.4. The zero-order valence-electron chi connectivity index (χ0n) is 19.5. The number of hydrogen-bond donors (Lipinski definition) is 8. The molecular weight excluding hydrogens is 488 g/mol. The number of aliphatic hydroxyl groups excluding tert-OH is 7. The molecule has 0 bridgehead atoms. The van der Waals surface area contributed by atoms with E-state index in [0.29, 0.717) is 19.1 Å². The Kier molecular flexibility index (Phi) is 8.36. The van der Waals surface area contributed by atoms with E-state index in [-0.39, 0.29) is 11.5 Å². The number of aldehydes is 1. The summed E-state index contributed by atoms with van der Waals surface area (Å²) in [4.78, 5) is 11.4. The van der Waals surface area contributed by atoms with Crippen molar-refractivity contribution in [2.45, 2.75) is 93.1 Å². The molecule has 0 aromatic carbocycles. The van der Waals surface area contributed by atoms with Crippen LogP contribution in [0.15, 0.2) is 11.8 Å². The highest BCUT2D eigenvalue weighted by Crippen LogP contribution is 2.49. The zero-order chi connectivity index (χ0) is 26.4. The Labute approximate surface area is 206 Å². The van der Waals surface area contributed by atoms with E-state index in [1.54, 1.807) is 0 Å². The van der Waals surface area contributed by atoms with Crippen LogP contribution in [0.25, 0.3) is 0 Å². The second-order valence-electron chi connectivity index (χ2n) is 9.84. The molecule has 1 saturated carbocycles. The van der Waals surface area contributed by atoms with Crippen molar-refractivity contribution in [3.8, 4) is 0 Å². The molecule has 2 saturated heterocycles. The number of hydrogen-bond acceptors (Lipinski definition) is 14. The SMILES string of the molecule is C[C@@H]1CC[C@]2(O)C(C=O)=CO[C@@H](O[C@@H]3O[C@H](CO[C@@H]4O[C@H](CO)[C@@H](O)[C@H](O)[C@H]4O)[C@@H](O)[C@H](O)[C@H]3O)[C@H]12. The number of rotatable bonds is 7. The van der Waals surface area contributed by atoms with E-state index in [1.165, 1.54) is 0 Å². The highest BCUT2D eigenvalue weighted by molar-refractivity contribution is 5.76. The third-order valence-corrected chi connectivity index (χ3v) is 7.60. The van der Waals surface area contributed by atoms with E-state index >= 15 is 0 Å². The Hall–Kier alpha value is -1.27. The smallest absolute Gasteiger partial charge is 0.207 e. The standard InChI is InChI=1S/C22H34O14/c1-8-2-3-22(31)9(4-23)6-32-19(12(8)22)36-21-18(30)16(28)14(26)11(35-21)7-33-20-17(29)15(27)13(25)10(5-24)34-20/h4,6,8,10-21,24-31H,2-3,5,7H2,1H3/t8-,10-,11-,12+,13-,14-,15+,16+,17-,18-,19+,20-,21+,22+/m1/s1. The van der Waals surface area contributed by atoms with Crippen LogP contribution in [0.2, 0.25) is 0 Å². The van der Waals surface area contributed by atoms with Crippen LogP contribution in [0.3, 0.4) is 0 Å². The first-order valence-electron chi connectivity index (χ1n) is 11.8. The Balaban J connectivity index is 1.44. The molecule has 4 rings (SSSR count). The van der Waals surface area contributed by atoms with Crippen LogP contribution < -0.4 is 0 Å². The number of fused-ring (bicyclic) bond motifs is 1. The molecule has 4 aliphatic rings. The molecule has 14 atom stereocenters. The lowest BCUT2D eigenvalue weighted by Crippen LogP contribution is -2.62. The summed E-state index contributed by atoms with van der Waals surface area (Å²) < 4.78 is 27.6. The summed E-state index contributed by atoms with van der Waals surface area (Å²) in [5.41, 5.74) is -1.42. The molecule has 0 aromatic rings. The van der Waals surface area contributed by atoms with E-state index in [9.17, 15) is 45.6 Å². The van der Waals surface area contributed by atoms with Gasteiger partial charge in [-0.3, -0.25) is 4.79 Å². The zero-order valence-corrected chi connectivity index (χ0v) is 19.5. The Morgan fingerprint density at radius 3 is 2.19 bits per heavy atom. The van der Waals surface area contributed by atoms with Crippen molar-refractivity contribution in [2.24, 2.45) is 11.8 Å². The third-order valence-electron chi connectivity index (χ3n) is 7.60. The Morgan fingerprint density at radius 2 is 1.56 bits per heavy atom. The van der Waals surface area contributed by atoms with Crippen LogP contribution in [0.1, 0.15) is 19.8 Å². The molecule has 14 heteroatoms. The van der Waals surface area contributed by atoms with Crippen molar-refractivity contribution < 1.29 is 69.3 Å². The van der Waals surface area contributed by atoms with E-state index in [1.807, 2.05) is 6.92 Å². The summed E-state index contributed by atoms with van der Waals surface area (Å²) in [7, 11) is 0. The predicted molar refractivity (Wildman–Crippen MR) is 113 cm³/mol. The van der Waals surface area contributed by atoms with Crippen molar-refractivity contribution in [1.29, 1.82) is 0 Å². The molecule has 0 amide bonds. The quantitative estimate of drug-likeness (QED) is 0.149. The van der Waals surface area contributed by atoms with Gasteiger partial charge >= 0.3 is 0 Å². The van der Waals surface area contributed by atoms with E-state index < -0.39 is 92.4 Å². The van der Waals surface area contributed by atoms with Gasteiger partial charge < -0.3 is 64.5 Å². The van der Waals surface area contributed by atoms with Crippen molar-refractivity contribution in [1.82, 2.24) is 0 Å². The van der Waals surface area contributed by atoms with Gasteiger partial charge in [-0.05, 0) is 18.8 Å². The van der Waals surface area contributed by atoms with Gasteiger partial charge in [0.1, 0.15) is 54.4 Å². The van der Waals surface area contributed by atoms with Crippen LogP contribution in [0.4, 0.5) is 0 Å². The first-order valence-corrected chi connectivity index (χ1v) is 11.8. The van der Waals surface area contributed by atoms with Gasteiger partial charge in [0.15, 0.2) is 18.9 Å². The first kappa shape index (κ1) is 27.8. The summed E-state index contributed by atoms with van der Waals surface area (Å²) in [6, 6.07) is 0. The summed E-state index contributed by atoms with van der Waals surface area (Å²) in [5, 5.41) is 81.6. The fourth-order valence-corrected chi connectivity index (χ4v) is 5.36. The van der Waals surface area contributed by atoms with Gasteiger partial charge in [-0.25, -0.2) is 0 Å². The van der Waals surface area contributed by atoms with Gasteiger partial charge in [-0.1, -0.05) is 6.92 Å². The Bertz CT molecular complexity index is 808. The molecule has 8 N–H and O–H groups in total. The summed E-state index contributed by atoms with van der Waals surface area (Å²) >= 11 is 0. The molecular formula is C22H34O14. The lowest BCUT2D eigenvalue weighted by molar-refractivity contribution is -0.357. The normalized spacial score (nSPS) is 51.2. The largest absolute Gasteiger partial charge is 0.471 e. The van der Waals surface area contributed by atoms with E-state index in [2.05, 4.69) is 0 Å². The second-order valence-corrected chi connectivity index (χ2v) is 9.84. The van der Waals surface area contributed by atoms with Crippen LogP contribution in [-0.4, -0.2) is 134 Å². The fraction of sp³-hybridized carbons (Fsp3) is 0.864. The molecule has 0 unspecified atom stereocenters. The average Bonchev–Trinajstić information content (AvgIpc) is 3.18. The third kappa shape index (κ3) is 4.81. The van der Waals surface area contributed by atoms with Crippen molar-refractivity contribution in [2.75, 3.05) is 13.2 Å². The van der Waals surface area contributed by atoms with E-state index in [4.69, 9.17) is 23.7 Å². The van der Waals surface area contributed by atoms with Crippen LogP contribution in [0, 0.1) is 11.8 Å². The van der Waals surface area contributed by atoms with E-state index in [0.717, 1.165) is 6.26 Å². The first-order chi connectivity index (χ1) is 17.0. The van der Waals surface area contributed by atoms with Gasteiger partial charge in [0.05, 0.1) is 31.0 Å². The van der Waals surface area contributed by atoms with Crippen molar-refractivity contribution >= 4 is 6.29 Å². The Morgan fingerprint density at radius 1 is 0.944 bits per heavy atom. The lowest BCUT2D eigenvalue weighted by atomic mass is 9.80. The highest BCUT2D eigenvalue weighted by atomic mass is 16.8. The molecule has 3 aliphatic heterocycles. The lowest BCUT2D eigenvalue weighted by Gasteiger charge is -2.45. The maximum absolute atomic E-state index is 11.4. The number of carbonyl (C=O) groups excluding carboxylic acids is 1. The number of aliphatic hydroxyl groups is 8. The van der Waals surface area contributed by atoms with Gasteiger partial charge in [-0.15, -0.1) is 0 Å². The molecule has 206 valence electrons. The molecule has 3 heterocycles. The fourth-order valence-electron chi connectivity index (χ4n) is 5.36. The number of carbonyl (C=O) groups is 1. The van der Waals surface area contributed by atoms with Crippen molar-refractivity contribution in [3.63, 3.8) is 0 Å². The number of ether oxygens (including phenoxy) is 5. The van der Waals surface area contributed by atoms with Crippen LogP contribution in [0.5, 0.6) is 0 Å². The van der Waals surface area contributed by atoms with Crippen molar-refractivity contribution in [3.05, 3.63) is 11.8 Å². The summed E-state index contributed by atoms with van der Waals surface area (Å²) in [5.74, 6) is -0.795. The molecule has 14 nitrogen and oxygen atoms in total. The van der Waals surface area contributed by atoms with Gasteiger partial charge in [-0.2, -0.15) is 0 Å². The minimum Gasteiger partial charge on any atom is -0.471 e. The maximum Gasteiger partial charge on any atom is 0.207 e. The topological polar surface area (TPSA) is 225 Å². The van der Waals surface area contributed by atoms with Gasteiger partial charge in [0, 0.05) is 0 Å². The minimum absolute atomic E-state index is 0.0723. The summed E-state index contributed by atoms with van der Waals surface area (Å²) in [6.07, 6.45) is -14.3. The molecule has 0 spiro atoms. The monoisotopic (exact) mass is 522 g/mol. The van der Waals surface area contributed by atoms with Crippen LogP contribution >= 0.6 is 0 Å². The van der Waals surface area contributed by atoms with Gasteiger partial charge in [0.25, 0.3) is 0 Å². The molecule has 1 aliphatic carbocycles. The minimum atomic E-state index is -1.74. The molecule has 36 heavy (non-hydrogen) atoms. The molecule has 3 fully saturated rings. The molecule has 0 radical (unpaired) electrons.